The molecule has 0 saturated carbocycles. The van der Waals surface area contributed by atoms with Gasteiger partial charge in [0.1, 0.15) is 40.9 Å². The lowest BCUT2D eigenvalue weighted by molar-refractivity contribution is -0.123. The van der Waals surface area contributed by atoms with E-state index in [1.165, 1.54) is 24.6 Å². The number of amides is 2. The van der Waals surface area contributed by atoms with Gasteiger partial charge in [-0.3, -0.25) is 19.0 Å². The molecule has 0 fully saturated rings. The first-order valence-corrected chi connectivity index (χ1v) is 18.0. The topological polar surface area (TPSA) is 130 Å². The van der Waals surface area contributed by atoms with Gasteiger partial charge in [-0.25, -0.2) is 22.5 Å². The lowest BCUT2D eigenvalue weighted by Gasteiger charge is -2.23. The maximum atomic E-state index is 15.0. The molecule has 0 bridgehead atoms. The average Bonchev–Trinajstić information content (AvgIpc) is 3.73. The van der Waals surface area contributed by atoms with Gasteiger partial charge in [-0.15, -0.1) is 0 Å². The Kier molecular flexibility index (Phi) is 11.4. The number of nitrogens with one attached hydrogen (secondary N) is 2. The summed E-state index contributed by atoms with van der Waals surface area (Å²) < 4.78 is 88.8. The quantitative estimate of drug-likeness (QED) is 0.103. The van der Waals surface area contributed by atoms with Crippen LogP contribution in [-0.2, 0) is 41.9 Å². The highest BCUT2D eigenvalue weighted by Crippen LogP contribution is 2.45. The smallest absolute Gasteiger partial charge is 0.290 e. The molecule has 2 amide bonds. The summed E-state index contributed by atoms with van der Waals surface area (Å²) in [6, 6.07) is 7.81. The van der Waals surface area contributed by atoms with Gasteiger partial charge < -0.3 is 20.6 Å². The first-order valence-electron chi connectivity index (χ1n) is 17.6. The van der Waals surface area contributed by atoms with Crippen LogP contribution < -0.4 is 10.6 Å². The predicted molar refractivity (Wildman–Crippen MR) is 200 cm³/mol. The molecule has 1 atom stereocenters. The molecule has 3 heterocycles. The molecule has 0 radical (unpaired) electrons. The van der Waals surface area contributed by atoms with E-state index in [0.717, 1.165) is 12.1 Å². The molecule has 0 unspecified atom stereocenters. The molecule has 6 rings (SSSR count). The van der Waals surface area contributed by atoms with Crippen LogP contribution in [0.25, 0.3) is 22.0 Å². The Balaban J connectivity index is 1.52. The van der Waals surface area contributed by atoms with E-state index < -0.39 is 65.9 Å². The van der Waals surface area contributed by atoms with Crippen LogP contribution in [-0.4, -0.2) is 72.6 Å². The van der Waals surface area contributed by atoms with Crippen molar-refractivity contribution in [3.8, 4) is 23.0 Å². The highest BCUT2D eigenvalue weighted by molar-refractivity contribution is 6.37. The number of carbonyl (C=O) groups excluding carboxylic acids is 2. The molecule has 3 aromatic heterocycles. The zero-order valence-electron chi connectivity index (χ0n) is 31.3. The third-order valence-electron chi connectivity index (χ3n) is 9.01. The minimum absolute atomic E-state index is 0.0427. The Morgan fingerprint density at radius 3 is 2.37 bits per heavy atom. The predicted octanol–water partition coefficient (Wildman–Crippen LogP) is 6.46. The molecular weight excluding hydrogens is 778 g/mol. The Hall–Kier alpha value is -5.44. The number of hydrogen-bond donors (Lipinski definition) is 3. The van der Waals surface area contributed by atoms with E-state index in [4.69, 9.17) is 16.6 Å². The van der Waals surface area contributed by atoms with Crippen LogP contribution in [0.2, 0.25) is 5.02 Å². The first kappa shape index (κ1) is 41.2. The number of halogens is 7. The third kappa shape index (κ3) is 9.08. The molecule has 11 nitrogen and oxygen atoms in total. The van der Waals surface area contributed by atoms with Crippen LogP contribution in [0.4, 0.5) is 32.2 Å². The van der Waals surface area contributed by atoms with Crippen molar-refractivity contribution < 1.29 is 41.0 Å². The van der Waals surface area contributed by atoms with Gasteiger partial charge in [-0.1, -0.05) is 23.6 Å². The zero-order valence-corrected chi connectivity index (χ0v) is 32.1. The number of rotatable bonds is 11. The number of pyridine rings is 1. The summed E-state index contributed by atoms with van der Waals surface area (Å²) in [5.74, 6) is -1.09. The Morgan fingerprint density at radius 1 is 1.04 bits per heavy atom. The number of aliphatic hydroxyl groups is 1. The lowest BCUT2D eigenvalue weighted by atomic mass is 9.93. The number of likely N-dealkylation sites (N-methyl/N-ethyl adjacent to an activating group) is 1. The fourth-order valence-electron chi connectivity index (χ4n) is 6.82. The van der Waals surface area contributed by atoms with E-state index in [9.17, 15) is 41.0 Å². The minimum Gasteiger partial charge on any atom is -0.378 e. The number of aromatic nitrogens is 5. The molecule has 18 heteroatoms. The molecule has 3 N–H and O–H groups in total. The molecule has 0 saturated heterocycles. The maximum Gasteiger partial charge on any atom is 0.290 e. The monoisotopic (exact) mass is 814 g/mol. The molecule has 5 aromatic rings. The Labute approximate surface area is 328 Å². The van der Waals surface area contributed by atoms with Gasteiger partial charge in [0.25, 0.3) is 12.3 Å². The molecule has 1 aliphatic rings. The molecule has 300 valence electrons. The molecule has 0 spiro atoms. The zero-order chi connectivity index (χ0) is 41.6. The normalized spacial score (nSPS) is 14.2. The van der Waals surface area contributed by atoms with Crippen molar-refractivity contribution in [1.82, 2.24) is 34.8 Å². The minimum atomic E-state index is -3.52. The van der Waals surface area contributed by atoms with Crippen molar-refractivity contribution in [3.63, 3.8) is 0 Å². The highest BCUT2D eigenvalue weighted by atomic mass is 35.5. The van der Waals surface area contributed by atoms with Crippen LogP contribution in [0.15, 0.2) is 42.5 Å². The summed E-state index contributed by atoms with van der Waals surface area (Å²) in [6.45, 7) is 2.04. The van der Waals surface area contributed by atoms with Crippen molar-refractivity contribution in [2.45, 2.75) is 63.6 Å². The summed E-state index contributed by atoms with van der Waals surface area (Å²) in [5.41, 5.74) is -1.98. The average molecular weight is 815 g/mol. The van der Waals surface area contributed by atoms with Crippen LogP contribution in [0, 0.1) is 23.5 Å². The number of anilines is 1. The van der Waals surface area contributed by atoms with Crippen LogP contribution in [0.5, 0.6) is 0 Å². The summed E-state index contributed by atoms with van der Waals surface area (Å²) in [6.07, 6.45) is -4.57. The second kappa shape index (κ2) is 15.8. The molecule has 2 aromatic carbocycles. The number of fused-ring (bicyclic) bond motifs is 2. The number of nitrogens with zero attached hydrogens (tertiary/aromatic N) is 6. The standard InChI is InChI=1S/C39H37ClF6N8O3/c1-38(2,57)12-10-23-6-7-24(25-8-9-27(40)31-34(25)53(5)51-37(31)49-29(55)18-52(3)4)32(47-23)28(16-20-14-21(41)17-22(42)15-20)48-30(56)19-54-35-26(11-13-39(35,45)46)33(50-54)36(43)44/h6-9,14-15,17,28,36,57H,11,13,16,18-19H2,1-5H3,(H,48,56)(H,49,51,55)/t28-/m0/s1. The van der Waals surface area contributed by atoms with Gasteiger partial charge >= 0.3 is 0 Å². The lowest BCUT2D eigenvalue weighted by Crippen LogP contribution is -2.35. The van der Waals surface area contributed by atoms with E-state index in [1.807, 2.05) is 0 Å². The molecule has 0 aliphatic heterocycles. The highest BCUT2D eigenvalue weighted by Gasteiger charge is 2.46. The molecule has 57 heavy (non-hydrogen) atoms. The summed E-state index contributed by atoms with van der Waals surface area (Å²) in [5, 5.41) is 24.6. The number of benzene rings is 2. The third-order valence-corrected chi connectivity index (χ3v) is 9.33. The number of alkyl halides is 4. The van der Waals surface area contributed by atoms with Crippen molar-refractivity contribution in [3.05, 3.63) is 93.0 Å². The van der Waals surface area contributed by atoms with Gasteiger partial charge in [-0.05, 0) is 82.6 Å². The number of hydrogen-bond acceptors (Lipinski definition) is 7. The van der Waals surface area contributed by atoms with Crippen molar-refractivity contribution in [1.29, 1.82) is 0 Å². The van der Waals surface area contributed by atoms with Gasteiger partial charge in [0.2, 0.25) is 11.8 Å². The van der Waals surface area contributed by atoms with Gasteiger partial charge in [0.15, 0.2) is 5.82 Å². The fraction of sp³-hybridized carbons (Fsp3) is 0.359. The van der Waals surface area contributed by atoms with Gasteiger partial charge in [-0.2, -0.15) is 19.0 Å². The first-order chi connectivity index (χ1) is 26.7. The van der Waals surface area contributed by atoms with Gasteiger partial charge in [0.05, 0.1) is 34.2 Å². The summed E-state index contributed by atoms with van der Waals surface area (Å²) in [7, 11) is 5.05. The van der Waals surface area contributed by atoms with E-state index in [-0.39, 0.29) is 58.6 Å². The molecule has 1 aliphatic carbocycles. The van der Waals surface area contributed by atoms with Crippen LogP contribution >= 0.6 is 11.6 Å². The van der Waals surface area contributed by atoms with E-state index in [1.54, 1.807) is 44.2 Å². The van der Waals surface area contributed by atoms with E-state index >= 15 is 0 Å². The van der Waals surface area contributed by atoms with Crippen molar-refractivity contribution >= 4 is 40.1 Å². The number of carbonyl (C=O) groups is 2. The second-order valence-electron chi connectivity index (χ2n) is 14.5. The van der Waals surface area contributed by atoms with Crippen molar-refractivity contribution in [2.24, 2.45) is 7.05 Å². The summed E-state index contributed by atoms with van der Waals surface area (Å²) >= 11 is 6.69. The largest absolute Gasteiger partial charge is 0.378 e. The maximum absolute atomic E-state index is 15.0. The van der Waals surface area contributed by atoms with Crippen LogP contribution in [0.1, 0.15) is 66.6 Å². The Bertz CT molecular complexity index is 2430. The summed E-state index contributed by atoms with van der Waals surface area (Å²) in [4.78, 5) is 33.1. The Morgan fingerprint density at radius 2 is 1.72 bits per heavy atom. The van der Waals surface area contributed by atoms with E-state index in [2.05, 4.69) is 32.7 Å². The van der Waals surface area contributed by atoms with Crippen LogP contribution in [0.3, 0.4) is 0 Å². The van der Waals surface area contributed by atoms with Crippen molar-refractivity contribution in [2.75, 3.05) is 26.0 Å². The fourth-order valence-corrected chi connectivity index (χ4v) is 7.06. The molecular formula is C39H37ClF6N8O3. The SMILES string of the molecule is CN(C)CC(=O)Nc1nn(C)c2c(-c3ccc(C#CC(C)(C)O)nc3[C@H](Cc3cc(F)cc(F)c3)NC(=O)Cn3nc(C(F)F)c4c3C(F)(F)CC4)ccc(Cl)c12. The second-order valence-corrected chi connectivity index (χ2v) is 14.9. The van der Waals surface area contributed by atoms with Gasteiger partial charge in [0, 0.05) is 36.2 Å². The number of aryl methyl sites for hydroxylation is 1. The van der Waals surface area contributed by atoms with E-state index in [0.29, 0.717) is 32.8 Å².